The highest BCUT2D eigenvalue weighted by Gasteiger charge is 2.37. The first-order chi connectivity index (χ1) is 16.8. The van der Waals surface area contributed by atoms with Crippen LogP contribution in [-0.4, -0.2) is 47.5 Å². The molecule has 0 radical (unpaired) electrons. The van der Waals surface area contributed by atoms with Gasteiger partial charge in [0.05, 0.1) is 0 Å². The van der Waals surface area contributed by atoms with Crippen LogP contribution in [0.15, 0.2) is 18.2 Å². The number of carbonyl (C=O) groups excluding carboxylic acids is 3. The largest absolute Gasteiger partial charge is 0.444 e. The maximum atomic E-state index is 14.1. The van der Waals surface area contributed by atoms with Gasteiger partial charge in [-0.1, -0.05) is 58.7 Å². The van der Waals surface area contributed by atoms with Crippen molar-refractivity contribution >= 4 is 17.9 Å². The summed E-state index contributed by atoms with van der Waals surface area (Å²) in [5.41, 5.74) is 2.07. The van der Waals surface area contributed by atoms with Crippen LogP contribution in [0, 0.1) is 19.8 Å². The van der Waals surface area contributed by atoms with Crippen LogP contribution < -0.4 is 10.6 Å². The van der Waals surface area contributed by atoms with Crippen molar-refractivity contribution in [3.8, 4) is 0 Å². The molecule has 36 heavy (non-hydrogen) atoms. The van der Waals surface area contributed by atoms with E-state index in [-0.39, 0.29) is 17.7 Å². The number of alkyl carbamates (subject to hydrolysis) is 1. The second-order valence-corrected chi connectivity index (χ2v) is 11.1. The predicted molar refractivity (Wildman–Crippen MR) is 146 cm³/mol. The first kappa shape index (κ1) is 31.5. The number of ether oxygens (including phenoxy) is 1. The smallest absolute Gasteiger partial charge is 0.408 e. The molecule has 0 spiro atoms. The van der Waals surface area contributed by atoms with Crippen molar-refractivity contribution in [1.82, 2.24) is 15.5 Å². The summed E-state index contributed by atoms with van der Waals surface area (Å²) in [6.07, 6.45) is 3.46. The van der Waals surface area contributed by atoms with Crippen LogP contribution in [0.4, 0.5) is 4.79 Å². The fraction of sp³-hybridized carbons (Fsp3) is 0.690. The number of hydrogen-bond donors (Lipinski definition) is 2. The van der Waals surface area contributed by atoms with E-state index in [4.69, 9.17) is 4.74 Å². The van der Waals surface area contributed by atoms with Crippen molar-refractivity contribution in [1.29, 1.82) is 0 Å². The maximum Gasteiger partial charge on any atom is 0.408 e. The predicted octanol–water partition coefficient (Wildman–Crippen LogP) is 5.83. The molecule has 0 aliphatic carbocycles. The fourth-order valence-electron chi connectivity index (χ4n) is 4.32. The molecule has 0 bridgehead atoms. The first-order valence-electron chi connectivity index (χ1n) is 13.5. The minimum atomic E-state index is -0.800. The van der Waals surface area contributed by atoms with E-state index in [0.29, 0.717) is 25.9 Å². The zero-order chi connectivity index (χ0) is 27.5. The molecule has 7 heteroatoms. The van der Waals surface area contributed by atoms with Gasteiger partial charge >= 0.3 is 6.09 Å². The van der Waals surface area contributed by atoms with E-state index in [0.717, 1.165) is 36.0 Å². The average Bonchev–Trinajstić information content (AvgIpc) is 2.75. The molecule has 0 aromatic heterocycles. The molecule has 2 atom stereocenters. The molecule has 0 aliphatic rings. The molecular formula is C29H49N3O4. The summed E-state index contributed by atoms with van der Waals surface area (Å²) in [5.74, 6) is -0.308. The standard InChI is InChI=1S/C29H49N3O4/c1-10-12-13-17-30-26(33)25(24-21(5)15-14-16-22(24)6)32(18-11-2)27(34)23(19-20(3)4)31-28(35)36-29(7,8)9/h14-16,20,23,25H,10-13,17-19H2,1-9H3,(H,30,33)(H,31,35). The van der Waals surface area contributed by atoms with Crippen molar-refractivity contribution in [3.63, 3.8) is 0 Å². The van der Waals surface area contributed by atoms with Crippen molar-refractivity contribution < 1.29 is 19.1 Å². The number of amides is 3. The first-order valence-corrected chi connectivity index (χ1v) is 13.5. The Morgan fingerprint density at radius 1 is 1.00 bits per heavy atom. The van der Waals surface area contributed by atoms with Gasteiger partial charge in [-0.2, -0.15) is 0 Å². The molecule has 0 aliphatic heterocycles. The summed E-state index contributed by atoms with van der Waals surface area (Å²) in [4.78, 5) is 42.0. The SMILES string of the molecule is CCCCCNC(=O)C(c1c(C)cccc1C)N(CCC)C(=O)C(CC(C)C)NC(=O)OC(C)(C)C. The molecule has 1 aromatic rings. The molecule has 1 rings (SSSR count). The Balaban J connectivity index is 3.45. The van der Waals surface area contributed by atoms with Crippen LogP contribution >= 0.6 is 0 Å². The summed E-state index contributed by atoms with van der Waals surface area (Å²) in [7, 11) is 0. The third kappa shape index (κ3) is 10.2. The van der Waals surface area contributed by atoms with E-state index >= 15 is 0 Å². The molecule has 3 amide bonds. The summed E-state index contributed by atoms with van der Waals surface area (Å²) in [6, 6.07) is 4.32. The zero-order valence-corrected chi connectivity index (χ0v) is 24.0. The molecule has 0 saturated carbocycles. The van der Waals surface area contributed by atoms with Crippen molar-refractivity contribution in [2.75, 3.05) is 13.1 Å². The van der Waals surface area contributed by atoms with E-state index in [1.54, 1.807) is 25.7 Å². The molecule has 0 fully saturated rings. The van der Waals surface area contributed by atoms with Crippen LogP contribution in [0.3, 0.4) is 0 Å². The van der Waals surface area contributed by atoms with Crippen LogP contribution in [0.1, 0.15) is 103 Å². The van der Waals surface area contributed by atoms with Gasteiger partial charge in [0.2, 0.25) is 11.8 Å². The highest BCUT2D eigenvalue weighted by molar-refractivity contribution is 5.92. The number of nitrogens with one attached hydrogen (secondary N) is 2. The average molecular weight is 504 g/mol. The number of carbonyl (C=O) groups is 3. The number of benzene rings is 1. The molecule has 0 saturated heterocycles. The minimum absolute atomic E-state index is 0.152. The summed E-state index contributed by atoms with van der Waals surface area (Å²) in [6.45, 7) is 18.4. The lowest BCUT2D eigenvalue weighted by molar-refractivity contribution is -0.142. The number of hydrogen-bond acceptors (Lipinski definition) is 4. The van der Waals surface area contributed by atoms with Crippen LogP contribution in [-0.2, 0) is 14.3 Å². The summed E-state index contributed by atoms with van der Waals surface area (Å²) in [5, 5.41) is 5.86. The Morgan fingerprint density at radius 3 is 2.11 bits per heavy atom. The van der Waals surface area contributed by atoms with Gasteiger partial charge in [-0.3, -0.25) is 9.59 Å². The molecule has 0 heterocycles. The van der Waals surface area contributed by atoms with Crippen molar-refractivity contribution in [3.05, 3.63) is 34.9 Å². The topological polar surface area (TPSA) is 87.7 Å². The van der Waals surface area contributed by atoms with Gasteiger partial charge in [0.15, 0.2) is 0 Å². The highest BCUT2D eigenvalue weighted by atomic mass is 16.6. The van der Waals surface area contributed by atoms with Gasteiger partial charge in [-0.25, -0.2) is 4.79 Å². The van der Waals surface area contributed by atoms with Gasteiger partial charge < -0.3 is 20.3 Å². The van der Waals surface area contributed by atoms with Gasteiger partial charge in [0.25, 0.3) is 0 Å². The lowest BCUT2D eigenvalue weighted by Gasteiger charge is -2.36. The van der Waals surface area contributed by atoms with E-state index in [9.17, 15) is 14.4 Å². The van der Waals surface area contributed by atoms with Crippen LogP contribution in [0.5, 0.6) is 0 Å². The Bertz CT molecular complexity index is 840. The van der Waals surface area contributed by atoms with Crippen LogP contribution in [0.25, 0.3) is 0 Å². The van der Waals surface area contributed by atoms with E-state index < -0.39 is 23.8 Å². The Labute approximate surface area is 218 Å². The number of aryl methyl sites for hydroxylation is 2. The van der Waals surface area contributed by atoms with Gasteiger partial charge in [0, 0.05) is 13.1 Å². The second-order valence-electron chi connectivity index (χ2n) is 11.1. The van der Waals surface area contributed by atoms with Crippen molar-refractivity contribution in [2.45, 2.75) is 112 Å². The Morgan fingerprint density at radius 2 is 1.61 bits per heavy atom. The monoisotopic (exact) mass is 503 g/mol. The lowest BCUT2D eigenvalue weighted by Crippen LogP contribution is -2.53. The zero-order valence-electron chi connectivity index (χ0n) is 24.0. The maximum absolute atomic E-state index is 14.1. The quantitative estimate of drug-likeness (QED) is 0.332. The Hall–Kier alpha value is -2.57. The minimum Gasteiger partial charge on any atom is -0.444 e. The third-order valence-corrected chi connectivity index (χ3v) is 5.90. The normalized spacial score (nSPS) is 13.2. The van der Waals surface area contributed by atoms with Gasteiger partial charge in [-0.15, -0.1) is 0 Å². The summed E-state index contributed by atoms with van der Waals surface area (Å²) < 4.78 is 5.45. The molecule has 1 aromatic carbocycles. The van der Waals surface area contributed by atoms with E-state index in [1.807, 2.05) is 52.8 Å². The molecular weight excluding hydrogens is 454 g/mol. The van der Waals surface area contributed by atoms with E-state index in [2.05, 4.69) is 17.6 Å². The number of rotatable bonds is 13. The molecule has 204 valence electrons. The number of nitrogens with zero attached hydrogens (tertiary/aromatic N) is 1. The molecule has 2 N–H and O–H groups in total. The highest BCUT2D eigenvalue weighted by Crippen LogP contribution is 2.29. The fourth-order valence-corrected chi connectivity index (χ4v) is 4.32. The second kappa shape index (κ2) is 14.9. The Kier molecular flexibility index (Phi) is 13.0. The van der Waals surface area contributed by atoms with Gasteiger partial charge in [-0.05, 0) is 76.5 Å². The van der Waals surface area contributed by atoms with E-state index in [1.165, 1.54) is 0 Å². The number of unbranched alkanes of at least 4 members (excludes halogenated alkanes) is 2. The van der Waals surface area contributed by atoms with Crippen LogP contribution in [0.2, 0.25) is 0 Å². The lowest BCUT2D eigenvalue weighted by atomic mass is 9.93. The molecule has 7 nitrogen and oxygen atoms in total. The summed E-state index contributed by atoms with van der Waals surface area (Å²) >= 11 is 0. The van der Waals surface area contributed by atoms with Gasteiger partial charge in [0.1, 0.15) is 17.7 Å². The molecule has 2 unspecified atom stereocenters. The van der Waals surface area contributed by atoms with Crippen molar-refractivity contribution in [2.24, 2.45) is 5.92 Å². The third-order valence-electron chi connectivity index (χ3n) is 5.90.